The molecule has 0 aliphatic carbocycles. The third-order valence-electron chi connectivity index (χ3n) is 3.28. The Morgan fingerprint density at radius 3 is 2.58 bits per heavy atom. The second-order valence-corrected chi connectivity index (χ2v) is 5.03. The highest BCUT2D eigenvalue weighted by Gasteiger charge is 2.40. The van der Waals surface area contributed by atoms with Crippen LogP contribution in [-0.4, -0.2) is 18.1 Å². The Morgan fingerprint density at radius 1 is 1.29 bits per heavy atom. The van der Waals surface area contributed by atoms with Crippen molar-refractivity contribution in [2.45, 2.75) is 26.6 Å². The van der Waals surface area contributed by atoms with E-state index in [1.807, 2.05) is 25.1 Å². The number of amides is 1. The third kappa shape index (κ3) is 3.95. The molecule has 0 spiro atoms. The average Bonchev–Trinajstić information content (AvgIpc) is 2.85. The molecule has 1 aromatic carbocycles. The van der Waals surface area contributed by atoms with E-state index in [0.29, 0.717) is 17.6 Å². The normalized spacial score (nSPS) is 12.3. The van der Waals surface area contributed by atoms with Crippen LogP contribution < -0.4 is 5.32 Å². The van der Waals surface area contributed by atoms with Crippen molar-refractivity contribution in [3.05, 3.63) is 47.4 Å². The first-order chi connectivity index (χ1) is 11.2. The lowest BCUT2D eigenvalue weighted by Gasteiger charge is -2.06. The monoisotopic (exact) mass is 341 g/mol. The van der Waals surface area contributed by atoms with E-state index in [1.54, 1.807) is 6.07 Å². The molecular weight excluding hydrogens is 327 g/mol. The first kappa shape index (κ1) is 17.6. The minimum Gasteiger partial charge on any atom is -0.459 e. The lowest BCUT2D eigenvalue weighted by Crippen LogP contribution is -2.26. The van der Waals surface area contributed by atoms with Crippen molar-refractivity contribution >= 4 is 22.8 Å². The van der Waals surface area contributed by atoms with E-state index < -0.39 is 18.1 Å². The van der Waals surface area contributed by atoms with Gasteiger partial charge in [0.2, 0.25) is 5.91 Å². The molecule has 8 heteroatoms. The number of esters is 1. The van der Waals surface area contributed by atoms with Crippen LogP contribution in [0.3, 0.4) is 0 Å². The molecule has 1 amide bonds. The van der Waals surface area contributed by atoms with Crippen LogP contribution in [0.25, 0.3) is 11.0 Å². The van der Waals surface area contributed by atoms with Crippen molar-refractivity contribution in [2.75, 3.05) is 0 Å². The number of halogens is 3. The van der Waals surface area contributed by atoms with Crippen LogP contribution in [-0.2, 0) is 20.9 Å². The number of hydrogen-bond acceptors (Lipinski definition) is 4. The van der Waals surface area contributed by atoms with E-state index in [0.717, 1.165) is 10.9 Å². The van der Waals surface area contributed by atoms with Gasteiger partial charge in [0.25, 0.3) is 0 Å². The van der Waals surface area contributed by atoms with E-state index in [4.69, 9.17) is 4.42 Å². The molecule has 2 rings (SSSR count). The predicted octanol–water partition coefficient (Wildman–Crippen LogP) is 3.37. The van der Waals surface area contributed by atoms with Crippen LogP contribution >= 0.6 is 0 Å². The Bertz CT molecular complexity index is 805. The summed E-state index contributed by atoms with van der Waals surface area (Å²) >= 11 is 0. The fourth-order valence-corrected chi connectivity index (χ4v) is 1.96. The number of carbonyl (C=O) groups is 2. The number of aryl methyl sites for hydroxylation is 1. The van der Waals surface area contributed by atoms with Crippen molar-refractivity contribution in [3.8, 4) is 0 Å². The van der Waals surface area contributed by atoms with Gasteiger partial charge in [-0.3, -0.25) is 4.79 Å². The van der Waals surface area contributed by atoms with E-state index in [1.165, 1.54) is 6.92 Å². The molecule has 0 aliphatic rings. The van der Waals surface area contributed by atoms with Gasteiger partial charge in [0.05, 0.1) is 6.54 Å². The highest BCUT2D eigenvalue weighted by atomic mass is 19.4. The van der Waals surface area contributed by atoms with E-state index in [2.05, 4.69) is 10.1 Å². The highest BCUT2D eigenvalue weighted by Crippen LogP contribution is 2.24. The van der Waals surface area contributed by atoms with Gasteiger partial charge in [0.1, 0.15) is 17.6 Å². The van der Waals surface area contributed by atoms with Crippen LogP contribution in [0.4, 0.5) is 13.2 Å². The molecule has 0 aliphatic heterocycles. The standard InChI is InChI=1S/C16H14F3NO4/c1-9(8-23-15(22)16(17,18)19)14(21)20-7-13-10(2)11-5-3-4-6-12(11)24-13/h3-6,8H,7H2,1-2H3,(H,20,21)/b9-8+. The first-order valence-electron chi connectivity index (χ1n) is 6.90. The fourth-order valence-electron chi connectivity index (χ4n) is 1.96. The van der Waals surface area contributed by atoms with Crippen molar-refractivity contribution in [1.29, 1.82) is 0 Å². The number of benzene rings is 1. The predicted molar refractivity (Wildman–Crippen MR) is 78.7 cm³/mol. The smallest absolute Gasteiger partial charge is 0.459 e. The second-order valence-electron chi connectivity index (χ2n) is 5.03. The number of hydrogen-bond donors (Lipinski definition) is 1. The lowest BCUT2D eigenvalue weighted by molar-refractivity contribution is -0.193. The highest BCUT2D eigenvalue weighted by molar-refractivity contribution is 5.93. The Labute approximate surface area is 135 Å². The number of para-hydroxylation sites is 1. The number of alkyl halides is 3. The van der Waals surface area contributed by atoms with Crippen LogP contribution in [0.15, 0.2) is 40.5 Å². The minimum atomic E-state index is -5.11. The van der Waals surface area contributed by atoms with Crippen molar-refractivity contribution in [3.63, 3.8) is 0 Å². The second kappa shape index (κ2) is 6.77. The quantitative estimate of drug-likeness (QED) is 0.526. The SMILES string of the molecule is C/C(=C\OC(=O)C(F)(F)F)C(=O)NCc1oc2ccccc2c1C. The zero-order valence-electron chi connectivity index (χ0n) is 12.9. The minimum absolute atomic E-state index is 0.0533. The van der Waals surface area contributed by atoms with Gasteiger partial charge < -0.3 is 14.5 Å². The van der Waals surface area contributed by atoms with Gasteiger partial charge in [-0.25, -0.2) is 4.79 Å². The molecule has 128 valence electrons. The Morgan fingerprint density at radius 2 is 1.96 bits per heavy atom. The topological polar surface area (TPSA) is 68.5 Å². The molecule has 24 heavy (non-hydrogen) atoms. The zero-order chi connectivity index (χ0) is 17.9. The van der Waals surface area contributed by atoms with Crippen molar-refractivity contribution in [1.82, 2.24) is 5.32 Å². The van der Waals surface area contributed by atoms with E-state index >= 15 is 0 Å². The molecule has 1 aromatic heterocycles. The van der Waals surface area contributed by atoms with Gasteiger partial charge >= 0.3 is 12.1 Å². The molecule has 5 nitrogen and oxygen atoms in total. The van der Waals surface area contributed by atoms with E-state index in [9.17, 15) is 22.8 Å². The van der Waals surface area contributed by atoms with Crippen LogP contribution in [0.5, 0.6) is 0 Å². The van der Waals surface area contributed by atoms with Gasteiger partial charge in [0, 0.05) is 16.5 Å². The van der Waals surface area contributed by atoms with Gasteiger partial charge in [-0.15, -0.1) is 0 Å². The molecule has 2 aromatic rings. The summed E-state index contributed by atoms with van der Waals surface area (Å²) in [6, 6.07) is 7.33. The number of fused-ring (bicyclic) bond motifs is 1. The Kier molecular flexibility index (Phi) is 4.96. The summed E-state index contributed by atoms with van der Waals surface area (Å²) in [5.74, 6) is -2.53. The summed E-state index contributed by atoms with van der Waals surface area (Å²) < 4.78 is 45.5. The van der Waals surface area contributed by atoms with Crippen LogP contribution in [0, 0.1) is 6.92 Å². The zero-order valence-corrected chi connectivity index (χ0v) is 12.9. The molecule has 0 bridgehead atoms. The number of furan rings is 1. The van der Waals surface area contributed by atoms with Gasteiger partial charge in [-0.1, -0.05) is 18.2 Å². The molecular formula is C16H14F3NO4. The van der Waals surface area contributed by atoms with Crippen LogP contribution in [0.2, 0.25) is 0 Å². The van der Waals surface area contributed by atoms with Crippen molar-refractivity contribution in [2.24, 2.45) is 0 Å². The number of rotatable bonds is 4. The number of ether oxygens (including phenoxy) is 1. The summed E-state index contributed by atoms with van der Waals surface area (Å²) in [5, 5.41) is 3.40. The Hall–Kier alpha value is -2.77. The molecule has 0 radical (unpaired) electrons. The summed E-state index contributed by atoms with van der Waals surface area (Å²) in [7, 11) is 0. The van der Waals surface area contributed by atoms with Gasteiger partial charge in [-0.2, -0.15) is 13.2 Å². The average molecular weight is 341 g/mol. The molecule has 0 unspecified atom stereocenters. The lowest BCUT2D eigenvalue weighted by atomic mass is 10.1. The van der Waals surface area contributed by atoms with Crippen molar-refractivity contribution < 1.29 is 31.9 Å². The fraction of sp³-hybridized carbons (Fsp3) is 0.250. The summed E-state index contributed by atoms with van der Waals surface area (Å²) in [6.45, 7) is 3.11. The van der Waals surface area contributed by atoms with Crippen LogP contribution in [0.1, 0.15) is 18.2 Å². The maximum absolute atomic E-state index is 12.0. The summed E-state index contributed by atoms with van der Waals surface area (Å²) in [5.41, 5.74) is 1.35. The molecule has 0 atom stereocenters. The maximum atomic E-state index is 12.0. The molecule has 1 heterocycles. The van der Waals surface area contributed by atoms with Gasteiger partial charge in [-0.05, 0) is 19.9 Å². The first-order valence-corrected chi connectivity index (χ1v) is 6.90. The molecule has 0 saturated heterocycles. The van der Waals surface area contributed by atoms with Gasteiger partial charge in [0.15, 0.2) is 0 Å². The summed E-state index contributed by atoms with van der Waals surface area (Å²) in [6.07, 6.45) is -4.64. The summed E-state index contributed by atoms with van der Waals surface area (Å²) in [4.78, 5) is 22.4. The maximum Gasteiger partial charge on any atom is 0.491 e. The Balaban J connectivity index is 1.99. The molecule has 0 fully saturated rings. The number of nitrogens with one attached hydrogen (secondary N) is 1. The number of carbonyl (C=O) groups excluding carboxylic acids is 2. The third-order valence-corrected chi connectivity index (χ3v) is 3.28. The molecule has 0 saturated carbocycles. The molecule has 1 N–H and O–H groups in total. The largest absolute Gasteiger partial charge is 0.491 e. The van der Waals surface area contributed by atoms with E-state index in [-0.39, 0.29) is 12.1 Å².